The van der Waals surface area contributed by atoms with Crippen molar-refractivity contribution in [3.8, 4) is 0 Å². The van der Waals surface area contributed by atoms with Crippen LogP contribution in [0.3, 0.4) is 0 Å². The number of hydrogen-bond donors (Lipinski definition) is 2. The molecule has 204 valence electrons. The summed E-state index contributed by atoms with van der Waals surface area (Å²) in [7, 11) is 0. The number of carbonyl (C=O) groups is 2. The molecule has 39 heavy (non-hydrogen) atoms. The molecule has 6 rings (SSSR count). The second kappa shape index (κ2) is 9.64. The number of pyridine rings is 2. The Morgan fingerprint density at radius 1 is 1.10 bits per heavy atom. The smallest absolute Gasteiger partial charge is 0.265 e. The van der Waals surface area contributed by atoms with Gasteiger partial charge in [0.2, 0.25) is 5.91 Å². The number of piperazine rings is 1. The third-order valence-electron chi connectivity index (χ3n) is 8.03. The maximum absolute atomic E-state index is 13.7. The van der Waals surface area contributed by atoms with E-state index in [4.69, 9.17) is 11.6 Å². The van der Waals surface area contributed by atoms with E-state index in [2.05, 4.69) is 34.4 Å². The molecule has 0 bridgehead atoms. The van der Waals surface area contributed by atoms with Crippen LogP contribution >= 0.6 is 11.6 Å². The SMILES string of the molecule is CC1(C)CN(C(=O)Cn2c(=O)c(C(=O)NCc3ccc(Cl)cc3)cc3c(N4CCNC5(CC5)C4)ccnc32)C1. The Bertz CT molecular complexity index is 1500. The van der Waals surface area contributed by atoms with Crippen LogP contribution in [0, 0.1) is 5.41 Å². The van der Waals surface area contributed by atoms with Crippen molar-refractivity contribution < 1.29 is 9.59 Å². The normalized spacial score (nSPS) is 19.2. The molecule has 2 aromatic heterocycles. The van der Waals surface area contributed by atoms with E-state index in [-0.39, 0.29) is 35.5 Å². The Morgan fingerprint density at radius 2 is 1.85 bits per heavy atom. The van der Waals surface area contributed by atoms with Gasteiger partial charge in [0.05, 0.1) is 0 Å². The van der Waals surface area contributed by atoms with Gasteiger partial charge < -0.3 is 20.4 Å². The zero-order valence-electron chi connectivity index (χ0n) is 22.3. The van der Waals surface area contributed by atoms with Crippen LogP contribution in [0.4, 0.5) is 5.69 Å². The van der Waals surface area contributed by atoms with Gasteiger partial charge in [-0.25, -0.2) is 4.98 Å². The number of carbonyl (C=O) groups excluding carboxylic acids is 2. The minimum atomic E-state index is -0.520. The molecule has 1 aliphatic carbocycles. The zero-order valence-corrected chi connectivity index (χ0v) is 23.1. The first-order chi connectivity index (χ1) is 18.6. The highest BCUT2D eigenvalue weighted by Crippen LogP contribution is 2.40. The van der Waals surface area contributed by atoms with Crippen molar-refractivity contribution in [1.82, 2.24) is 25.1 Å². The number of halogens is 1. The van der Waals surface area contributed by atoms with Gasteiger partial charge in [0.1, 0.15) is 17.8 Å². The van der Waals surface area contributed by atoms with E-state index in [1.165, 1.54) is 4.57 Å². The zero-order chi connectivity index (χ0) is 27.4. The average Bonchev–Trinajstić information content (AvgIpc) is 3.65. The summed E-state index contributed by atoms with van der Waals surface area (Å²) >= 11 is 5.98. The summed E-state index contributed by atoms with van der Waals surface area (Å²) in [5.74, 6) is -0.639. The highest BCUT2D eigenvalue weighted by Gasteiger charge is 2.45. The lowest BCUT2D eigenvalue weighted by Gasteiger charge is -2.45. The van der Waals surface area contributed by atoms with Crippen LogP contribution < -0.4 is 21.1 Å². The molecule has 3 aromatic rings. The molecule has 3 fully saturated rings. The standard InChI is InChI=1S/C29H33ClN6O3/c1-28(2)16-35(17-28)24(37)15-36-25-21(23(7-10-31-25)34-12-11-33-29(18-34)8-9-29)13-22(27(36)39)26(38)32-14-19-3-5-20(30)6-4-19/h3-7,10,13,33H,8-9,11-12,14-18H2,1-2H3,(H,32,38). The van der Waals surface area contributed by atoms with Crippen molar-refractivity contribution >= 4 is 40.1 Å². The van der Waals surface area contributed by atoms with Crippen molar-refractivity contribution in [2.75, 3.05) is 37.6 Å². The molecular weight excluding hydrogens is 516 g/mol. The molecular formula is C29H33ClN6O3. The van der Waals surface area contributed by atoms with Crippen LogP contribution in [-0.2, 0) is 17.9 Å². The number of benzene rings is 1. The fourth-order valence-corrected chi connectivity index (χ4v) is 5.89. The van der Waals surface area contributed by atoms with E-state index < -0.39 is 11.5 Å². The Labute approximate surface area is 232 Å². The minimum absolute atomic E-state index is 0.00118. The predicted octanol–water partition coefficient (Wildman–Crippen LogP) is 2.79. The number of nitrogens with zero attached hydrogens (tertiary/aromatic N) is 4. The number of hydrogen-bond acceptors (Lipinski definition) is 6. The summed E-state index contributed by atoms with van der Waals surface area (Å²) in [6, 6.07) is 10.8. The number of likely N-dealkylation sites (tertiary alicyclic amines) is 1. The van der Waals surface area contributed by atoms with Gasteiger partial charge in [0, 0.05) is 67.1 Å². The molecule has 2 aliphatic heterocycles. The number of rotatable bonds is 6. The van der Waals surface area contributed by atoms with E-state index in [0.717, 1.165) is 43.7 Å². The lowest BCUT2D eigenvalue weighted by atomic mass is 9.84. The van der Waals surface area contributed by atoms with Gasteiger partial charge in [0.15, 0.2) is 0 Å². The van der Waals surface area contributed by atoms with Gasteiger partial charge in [-0.1, -0.05) is 37.6 Å². The van der Waals surface area contributed by atoms with E-state index in [0.29, 0.717) is 29.1 Å². The molecule has 2 N–H and O–H groups in total. The molecule has 1 aromatic carbocycles. The van der Waals surface area contributed by atoms with Gasteiger partial charge in [-0.15, -0.1) is 0 Å². The first-order valence-corrected chi connectivity index (χ1v) is 13.8. The quantitative estimate of drug-likeness (QED) is 0.491. The first kappa shape index (κ1) is 25.8. The number of aromatic nitrogens is 2. The third-order valence-corrected chi connectivity index (χ3v) is 8.28. The summed E-state index contributed by atoms with van der Waals surface area (Å²) < 4.78 is 1.37. The summed E-state index contributed by atoms with van der Waals surface area (Å²) in [5, 5.41) is 7.80. The molecule has 1 spiro atoms. The summed E-state index contributed by atoms with van der Waals surface area (Å²) in [4.78, 5) is 48.9. The molecule has 9 nitrogen and oxygen atoms in total. The number of fused-ring (bicyclic) bond motifs is 1. The van der Waals surface area contributed by atoms with Crippen LogP contribution in [0.5, 0.6) is 0 Å². The van der Waals surface area contributed by atoms with Gasteiger partial charge in [-0.05, 0) is 48.1 Å². The molecule has 0 atom stereocenters. The fraction of sp³-hybridized carbons (Fsp3) is 0.448. The first-order valence-electron chi connectivity index (χ1n) is 13.5. The maximum Gasteiger partial charge on any atom is 0.265 e. The largest absolute Gasteiger partial charge is 0.368 e. The van der Waals surface area contributed by atoms with Gasteiger partial charge >= 0.3 is 0 Å². The lowest BCUT2D eigenvalue weighted by Crippen LogP contribution is -2.56. The van der Waals surface area contributed by atoms with E-state index in [1.54, 1.807) is 29.3 Å². The molecule has 1 saturated carbocycles. The molecule has 2 saturated heterocycles. The van der Waals surface area contributed by atoms with E-state index >= 15 is 0 Å². The Hall–Kier alpha value is -3.43. The summed E-state index contributed by atoms with van der Waals surface area (Å²) in [6.07, 6.45) is 3.96. The van der Waals surface area contributed by atoms with Crippen molar-refractivity contribution in [3.63, 3.8) is 0 Å². The molecule has 2 amide bonds. The van der Waals surface area contributed by atoms with Gasteiger partial charge in [-0.3, -0.25) is 19.0 Å². The second-order valence-corrected chi connectivity index (χ2v) is 12.3. The monoisotopic (exact) mass is 548 g/mol. The van der Waals surface area contributed by atoms with Crippen LogP contribution in [0.1, 0.15) is 42.6 Å². The second-order valence-electron chi connectivity index (χ2n) is 11.9. The molecule has 10 heteroatoms. The highest BCUT2D eigenvalue weighted by molar-refractivity contribution is 6.30. The third kappa shape index (κ3) is 5.13. The van der Waals surface area contributed by atoms with Crippen molar-refractivity contribution in [3.05, 3.63) is 69.1 Å². The Balaban J connectivity index is 1.37. The number of anilines is 1. The van der Waals surface area contributed by atoms with Crippen molar-refractivity contribution in [2.24, 2.45) is 5.41 Å². The highest BCUT2D eigenvalue weighted by atomic mass is 35.5. The van der Waals surface area contributed by atoms with Crippen molar-refractivity contribution in [2.45, 2.75) is 45.3 Å². The van der Waals surface area contributed by atoms with Gasteiger partial charge in [-0.2, -0.15) is 0 Å². The Kier molecular flexibility index (Phi) is 6.38. The van der Waals surface area contributed by atoms with Crippen LogP contribution in [0.25, 0.3) is 11.0 Å². The van der Waals surface area contributed by atoms with E-state index in [9.17, 15) is 14.4 Å². The van der Waals surface area contributed by atoms with Crippen LogP contribution in [-0.4, -0.2) is 64.5 Å². The molecule has 0 unspecified atom stereocenters. The molecule has 4 heterocycles. The molecule has 3 aliphatic rings. The number of amides is 2. The fourth-order valence-electron chi connectivity index (χ4n) is 5.76. The lowest BCUT2D eigenvalue weighted by molar-refractivity contribution is -0.142. The summed E-state index contributed by atoms with van der Waals surface area (Å²) in [5.41, 5.74) is 1.89. The minimum Gasteiger partial charge on any atom is -0.368 e. The van der Waals surface area contributed by atoms with Crippen LogP contribution in [0.2, 0.25) is 5.02 Å². The van der Waals surface area contributed by atoms with Crippen LogP contribution in [0.15, 0.2) is 47.4 Å². The van der Waals surface area contributed by atoms with Crippen molar-refractivity contribution in [1.29, 1.82) is 0 Å². The topological polar surface area (TPSA) is 99.6 Å². The number of nitrogens with one attached hydrogen (secondary N) is 2. The average molecular weight is 549 g/mol. The molecule has 0 radical (unpaired) electrons. The predicted molar refractivity (Wildman–Crippen MR) is 151 cm³/mol. The maximum atomic E-state index is 13.7. The van der Waals surface area contributed by atoms with Gasteiger partial charge in [0.25, 0.3) is 11.5 Å². The van der Waals surface area contributed by atoms with E-state index in [1.807, 2.05) is 18.2 Å². The Morgan fingerprint density at radius 3 is 2.54 bits per heavy atom. The summed E-state index contributed by atoms with van der Waals surface area (Å²) in [6.45, 7) is 8.10.